The van der Waals surface area contributed by atoms with Gasteiger partial charge < -0.3 is 4.98 Å². The normalized spacial score (nSPS) is 9.73. The fourth-order valence-corrected chi connectivity index (χ4v) is 0.686. The number of allylic oxidation sites excluding steroid dienone is 1. The average molecular weight is 146 g/mol. The summed E-state index contributed by atoms with van der Waals surface area (Å²) in [6, 6.07) is 4.68. The maximum Gasteiger partial charge on any atom is 0.182 e. The van der Waals surface area contributed by atoms with E-state index in [-0.39, 0.29) is 5.43 Å². The Morgan fingerprint density at radius 2 is 2.45 bits per heavy atom. The first kappa shape index (κ1) is 7.29. The molecule has 0 aliphatic rings. The second-order valence-electron chi connectivity index (χ2n) is 1.94. The highest BCUT2D eigenvalue weighted by molar-refractivity contribution is 5.46. The second-order valence-corrected chi connectivity index (χ2v) is 1.94. The SMILES string of the molecule is N#CC=Cc1cc(=O)cc[nH]1. The topological polar surface area (TPSA) is 56.6 Å². The van der Waals surface area contributed by atoms with E-state index in [4.69, 9.17) is 5.26 Å². The molecule has 0 spiro atoms. The summed E-state index contributed by atoms with van der Waals surface area (Å²) < 4.78 is 0. The summed E-state index contributed by atoms with van der Waals surface area (Å²) >= 11 is 0. The lowest BCUT2D eigenvalue weighted by Crippen LogP contribution is -1.97. The summed E-state index contributed by atoms with van der Waals surface area (Å²) in [5.41, 5.74) is 0.570. The number of hydrogen-bond donors (Lipinski definition) is 1. The van der Waals surface area contributed by atoms with Crippen molar-refractivity contribution in [3.8, 4) is 6.07 Å². The molecule has 0 atom stereocenters. The monoisotopic (exact) mass is 146 g/mol. The van der Waals surface area contributed by atoms with Crippen molar-refractivity contribution in [2.24, 2.45) is 0 Å². The highest BCUT2D eigenvalue weighted by atomic mass is 16.1. The molecule has 3 heteroatoms. The van der Waals surface area contributed by atoms with Crippen molar-refractivity contribution in [2.75, 3.05) is 0 Å². The third-order valence-corrected chi connectivity index (χ3v) is 1.13. The summed E-state index contributed by atoms with van der Waals surface area (Å²) in [5, 5.41) is 8.17. The lowest BCUT2D eigenvalue weighted by atomic mass is 10.3. The van der Waals surface area contributed by atoms with Crippen molar-refractivity contribution >= 4 is 6.08 Å². The molecule has 54 valence electrons. The highest BCUT2D eigenvalue weighted by Crippen LogP contribution is 1.90. The van der Waals surface area contributed by atoms with Crippen LogP contribution in [0.1, 0.15) is 5.69 Å². The Balaban J connectivity index is 2.99. The number of rotatable bonds is 1. The standard InChI is InChI=1S/C8H6N2O/c9-4-1-2-7-6-8(11)3-5-10-7/h1-3,5-6H,(H,10,11). The number of nitrogens with zero attached hydrogens (tertiary/aromatic N) is 1. The van der Waals surface area contributed by atoms with Crippen LogP contribution in [-0.2, 0) is 0 Å². The van der Waals surface area contributed by atoms with E-state index in [1.165, 1.54) is 18.2 Å². The molecule has 0 bridgehead atoms. The molecule has 1 heterocycles. The zero-order valence-electron chi connectivity index (χ0n) is 5.74. The van der Waals surface area contributed by atoms with E-state index in [0.29, 0.717) is 5.69 Å². The van der Waals surface area contributed by atoms with Gasteiger partial charge in [-0.1, -0.05) is 0 Å². The summed E-state index contributed by atoms with van der Waals surface area (Å²) in [5.74, 6) is 0. The van der Waals surface area contributed by atoms with E-state index in [9.17, 15) is 4.79 Å². The third-order valence-electron chi connectivity index (χ3n) is 1.13. The molecule has 0 amide bonds. The summed E-state index contributed by atoms with van der Waals surface area (Å²) in [6.45, 7) is 0. The first-order chi connectivity index (χ1) is 5.33. The van der Waals surface area contributed by atoms with Crippen LogP contribution in [0, 0.1) is 11.3 Å². The van der Waals surface area contributed by atoms with Gasteiger partial charge in [0.25, 0.3) is 0 Å². The lowest BCUT2D eigenvalue weighted by molar-refractivity contribution is 1.27. The Labute approximate surface area is 63.6 Å². The van der Waals surface area contributed by atoms with Gasteiger partial charge in [0.1, 0.15) is 0 Å². The molecule has 0 radical (unpaired) electrons. The van der Waals surface area contributed by atoms with E-state index in [1.54, 1.807) is 12.3 Å². The van der Waals surface area contributed by atoms with Gasteiger partial charge in [-0.25, -0.2) is 0 Å². The van der Waals surface area contributed by atoms with Gasteiger partial charge in [0.2, 0.25) is 0 Å². The van der Waals surface area contributed by atoms with Crippen LogP contribution in [0.5, 0.6) is 0 Å². The van der Waals surface area contributed by atoms with Gasteiger partial charge >= 0.3 is 0 Å². The average Bonchev–Trinajstić information content (AvgIpc) is 2.01. The number of pyridine rings is 1. The maximum atomic E-state index is 10.7. The van der Waals surface area contributed by atoms with E-state index in [0.717, 1.165) is 0 Å². The lowest BCUT2D eigenvalue weighted by Gasteiger charge is -1.88. The van der Waals surface area contributed by atoms with Crippen molar-refractivity contribution in [3.63, 3.8) is 0 Å². The molecule has 11 heavy (non-hydrogen) atoms. The number of H-pyrrole nitrogens is 1. The number of nitrogens with one attached hydrogen (secondary N) is 1. The van der Waals surface area contributed by atoms with E-state index in [1.807, 2.05) is 6.07 Å². The van der Waals surface area contributed by atoms with Crippen molar-refractivity contribution in [1.82, 2.24) is 4.98 Å². The van der Waals surface area contributed by atoms with Gasteiger partial charge in [-0.3, -0.25) is 4.79 Å². The molecule has 1 rings (SSSR count). The van der Waals surface area contributed by atoms with Crippen LogP contribution in [0.15, 0.2) is 29.2 Å². The Kier molecular flexibility index (Phi) is 2.24. The molecule has 1 aromatic rings. The van der Waals surface area contributed by atoms with Gasteiger partial charge in [-0.05, 0) is 6.08 Å². The van der Waals surface area contributed by atoms with Gasteiger partial charge in [0.05, 0.1) is 6.07 Å². The molecule has 0 saturated heterocycles. The Bertz CT molecular complexity index is 357. The molecule has 1 aromatic heterocycles. The molecule has 3 nitrogen and oxygen atoms in total. The van der Waals surface area contributed by atoms with Crippen molar-refractivity contribution in [3.05, 3.63) is 40.3 Å². The molecular formula is C8H6N2O. The van der Waals surface area contributed by atoms with Gasteiger partial charge in [-0.15, -0.1) is 0 Å². The van der Waals surface area contributed by atoms with Crippen molar-refractivity contribution in [1.29, 1.82) is 5.26 Å². The molecule has 0 aromatic carbocycles. The van der Waals surface area contributed by atoms with Crippen LogP contribution in [0.2, 0.25) is 0 Å². The summed E-state index contributed by atoms with van der Waals surface area (Å²) in [7, 11) is 0. The number of hydrogen-bond acceptors (Lipinski definition) is 2. The minimum atomic E-state index is -0.0682. The predicted octanol–water partition coefficient (Wildman–Crippen LogP) is 0.912. The zero-order chi connectivity index (χ0) is 8.10. The van der Waals surface area contributed by atoms with E-state index in [2.05, 4.69) is 4.98 Å². The third kappa shape index (κ3) is 2.11. The minimum absolute atomic E-state index is 0.0682. The predicted molar refractivity (Wildman–Crippen MR) is 41.7 cm³/mol. The first-order valence-corrected chi connectivity index (χ1v) is 3.08. The Hall–Kier alpha value is -1.82. The smallest absolute Gasteiger partial charge is 0.182 e. The zero-order valence-corrected chi connectivity index (χ0v) is 5.74. The molecule has 0 unspecified atom stereocenters. The molecule has 0 aliphatic heterocycles. The minimum Gasteiger partial charge on any atom is -0.361 e. The van der Waals surface area contributed by atoms with Crippen LogP contribution in [0.25, 0.3) is 6.08 Å². The summed E-state index contributed by atoms with van der Waals surface area (Å²) in [6.07, 6.45) is 4.39. The van der Waals surface area contributed by atoms with Crippen molar-refractivity contribution < 1.29 is 0 Å². The summed E-state index contributed by atoms with van der Waals surface area (Å²) in [4.78, 5) is 13.5. The quantitative estimate of drug-likeness (QED) is 0.598. The maximum absolute atomic E-state index is 10.7. The molecule has 1 N–H and O–H groups in total. The molecule has 0 saturated carbocycles. The van der Waals surface area contributed by atoms with Gasteiger partial charge in [0.15, 0.2) is 5.43 Å². The van der Waals surface area contributed by atoms with Gasteiger partial charge in [0, 0.05) is 30.1 Å². The molecule has 0 aliphatic carbocycles. The first-order valence-electron chi connectivity index (χ1n) is 3.08. The van der Waals surface area contributed by atoms with Crippen LogP contribution < -0.4 is 5.43 Å². The Morgan fingerprint density at radius 1 is 1.64 bits per heavy atom. The fourth-order valence-electron chi connectivity index (χ4n) is 0.686. The van der Waals surface area contributed by atoms with Crippen LogP contribution in [-0.4, -0.2) is 4.98 Å². The van der Waals surface area contributed by atoms with E-state index >= 15 is 0 Å². The van der Waals surface area contributed by atoms with E-state index < -0.39 is 0 Å². The second kappa shape index (κ2) is 3.37. The fraction of sp³-hybridized carbons (Fsp3) is 0. The van der Waals surface area contributed by atoms with Crippen LogP contribution >= 0.6 is 0 Å². The molecule has 0 fully saturated rings. The number of aromatic nitrogens is 1. The number of nitriles is 1. The van der Waals surface area contributed by atoms with Crippen LogP contribution in [0.4, 0.5) is 0 Å². The largest absolute Gasteiger partial charge is 0.361 e. The Morgan fingerprint density at radius 3 is 3.09 bits per heavy atom. The van der Waals surface area contributed by atoms with Crippen molar-refractivity contribution in [2.45, 2.75) is 0 Å². The highest BCUT2D eigenvalue weighted by Gasteiger charge is 1.85. The van der Waals surface area contributed by atoms with Gasteiger partial charge in [-0.2, -0.15) is 5.26 Å². The number of aromatic amines is 1. The van der Waals surface area contributed by atoms with Crippen LogP contribution in [0.3, 0.4) is 0 Å². The molecular weight excluding hydrogens is 140 g/mol.